The van der Waals surface area contributed by atoms with Gasteiger partial charge in [0.05, 0.1) is 5.69 Å². The van der Waals surface area contributed by atoms with Crippen molar-refractivity contribution in [2.75, 3.05) is 10.2 Å². The minimum atomic E-state index is -0.454. The molecule has 0 bridgehead atoms. The Kier molecular flexibility index (Phi) is 3.89. The van der Waals surface area contributed by atoms with Crippen molar-refractivity contribution in [3.63, 3.8) is 0 Å². The van der Waals surface area contributed by atoms with E-state index in [4.69, 9.17) is 0 Å². The second-order valence-corrected chi connectivity index (χ2v) is 5.14. The number of carbonyl (C=O) groups excluding carboxylic acids is 3. The molecular weight excluding hydrogens is 299 g/mol. The SMILES string of the molecule is O=C(Nc1cccc(F)c1)c1cccc(N2C(=O)CCC2=O)c1. The van der Waals surface area contributed by atoms with Gasteiger partial charge >= 0.3 is 0 Å². The van der Waals surface area contributed by atoms with Gasteiger partial charge in [-0.2, -0.15) is 0 Å². The predicted molar refractivity (Wildman–Crippen MR) is 82.5 cm³/mol. The summed E-state index contributed by atoms with van der Waals surface area (Å²) in [7, 11) is 0. The largest absolute Gasteiger partial charge is 0.322 e. The Balaban J connectivity index is 1.83. The molecule has 3 amide bonds. The third-order valence-corrected chi connectivity index (χ3v) is 3.50. The van der Waals surface area contributed by atoms with E-state index in [1.54, 1.807) is 24.3 Å². The zero-order valence-corrected chi connectivity index (χ0v) is 12.1. The van der Waals surface area contributed by atoms with Crippen LogP contribution in [0.3, 0.4) is 0 Å². The van der Waals surface area contributed by atoms with E-state index in [0.29, 0.717) is 11.4 Å². The fourth-order valence-electron chi connectivity index (χ4n) is 2.42. The van der Waals surface area contributed by atoms with Gasteiger partial charge in [-0.25, -0.2) is 4.39 Å². The molecule has 3 rings (SSSR count). The Morgan fingerprint density at radius 3 is 2.39 bits per heavy atom. The number of amides is 3. The number of nitrogens with one attached hydrogen (secondary N) is 1. The van der Waals surface area contributed by atoms with Crippen LogP contribution in [0.2, 0.25) is 0 Å². The quantitative estimate of drug-likeness (QED) is 0.886. The fourth-order valence-corrected chi connectivity index (χ4v) is 2.42. The molecule has 1 fully saturated rings. The van der Waals surface area contributed by atoms with Gasteiger partial charge in [-0.3, -0.25) is 19.3 Å². The molecule has 23 heavy (non-hydrogen) atoms. The lowest BCUT2D eigenvalue weighted by molar-refractivity contribution is -0.121. The van der Waals surface area contributed by atoms with E-state index in [2.05, 4.69) is 5.32 Å². The minimum Gasteiger partial charge on any atom is -0.322 e. The molecule has 1 aliphatic heterocycles. The Bertz CT molecular complexity index is 788. The van der Waals surface area contributed by atoms with E-state index in [1.165, 1.54) is 24.3 Å². The van der Waals surface area contributed by atoms with Crippen molar-refractivity contribution in [1.29, 1.82) is 0 Å². The summed E-state index contributed by atoms with van der Waals surface area (Å²) in [5.74, 6) is -1.46. The van der Waals surface area contributed by atoms with Crippen molar-refractivity contribution < 1.29 is 18.8 Å². The van der Waals surface area contributed by atoms with Crippen molar-refractivity contribution in [3.8, 4) is 0 Å². The van der Waals surface area contributed by atoms with Crippen molar-refractivity contribution >= 4 is 29.1 Å². The van der Waals surface area contributed by atoms with Gasteiger partial charge in [0.2, 0.25) is 11.8 Å². The van der Waals surface area contributed by atoms with Crippen LogP contribution in [0.25, 0.3) is 0 Å². The van der Waals surface area contributed by atoms with E-state index in [9.17, 15) is 18.8 Å². The molecule has 0 atom stereocenters. The summed E-state index contributed by atoms with van der Waals surface area (Å²) in [6, 6.07) is 11.8. The number of hydrogen-bond acceptors (Lipinski definition) is 3. The number of anilines is 2. The van der Waals surface area contributed by atoms with Gasteiger partial charge in [0.15, 0.2) is 0 Å². The second kappa shape index (κ2) is 6.00. The molecule has 0 aliphatic carbocycles. The molecule has 6 heteroatoms. The lowest BCUT2D eigenvalue weighted by Crippen LogP contribution is -2.28. The number of carbonyl (C=O) groups is 3. The minimum absolute atomic E-state index is 0.179. The zero-order chi connectivity index (χ0) is 16.4. The fraction of sp³-hybridized carbons (Fsp3) is 0.118. The smallest absolute Gasteiger partial charge is 0.255 e. The molecule has 116 valence electrons. The van der Waals surface area contributed by atoms with E-state index in [0.717, 1.165) is 4.90 Å². The van der Waals surface area contributed by atoms with Crippen LogP contribution in [0.1, 0.15) is 23.2 Å². The van der Waals surface area contributed by atoms with Gasteiger partial charge in [-0.15, -0.1) is 0 Å². The Morgan fingerprint density at radius 1 is 1.00 bits per heavy atom. The summed E-state index contributed by atoms with van der Waals surface area (Å²) in [6.07, 6.45) is 0.358. The van der Waals surface area contributed by atoms with E-state index < -0.39 is 11.7 Å². The van der Waals surface area contributed by atoms with E-state index in [1.807, 2.05) is 0 Å². The van der Waals surface area contributed by atoms with Crippen LogP contribution in [-0.2, 0) is 9.59 Å². The summed E-state index contributed by atoms with van der Waals surface area (Å²) in [6.45, 7) is 0. The number of rotatable bonds is 3. The maximum absolute atomic E-state index is 13.1. The third kappa shape index (κ3) is 3.11. The maximum Gasteiger partial charge on any atom is 0.255 e. The summed E-state index contributed by atoms with van der Waals surface area (Å²) < 4.78 is 13.1. The van der Waals surface area contributed by atoms with Crippen LogP contribution in [0, 0.1) is 5.82 Å². The van der Waals surface area contributed by atoms with Gasteiger partial charge in [0.1, 0.15) is 5.82 Å². The van der Waals surface area contributed by atoms with Crippen molar-refractivity contribution in [3.05, 3.63) is 59.9 Å². The molecule has 0 spiro atoms. The van der Waals surface area contributed by atoms with Gasteiger partial charge in [-0.05, 0) is 36.4 Å². The first kappa shape index (κ1) is 14.9. The van der Waals surface area contributed by atoms with Crippen LogP contribution >= 0.6 is 0 Å². The molecule has 2 aromatic carbocycles. The highest BCUT2D eigenvalue weighted by Crippen LogP contribution is 2.23. The number of nitrogens with zero attached hydrogens (tertiary/aromatic N) is 1. The molecule has 0 saturated carbocycles. The number of hydrogen-bond donors (Lipinski definition) is 1. The highest BCUT2D eigenvalue weighted by Gasteiger charge is 2.30. The van der Waals surface area contributed by atoms with Crippen LogP contribution in [0.15, 0.2) is 48.5 Å². The highest BCUT2D eigenvalue weighted by atomic mass is 19.1. The number of benzene rings is 2. The first-order valence-electron chi connectivity index (χ1n) is 7.07. The predicted octanol–water partition coefficient (Wildman–Crippen LogP) is 2.73. The topological polar surface area (TPSA) is 66.5 Å². The normalized spacial score (nSPS) is 14.2. The molecular formula is C17H13FN2O3. The first-order valence-corrected chi connectivity index (χ1v) is 7.07. The summed E-state index contributed by atoms with van der Waals surface area (Å²) in [5, 5.41) is 2.57. The highest BCUT2D eigenvalue weighted by molar-refractivity contribution is 6.20. The van der Waals surface area contributed by atoms with Crippen molar-refractivity contribution in [2.45, 2.75) is 12.8 Å². The Morgan fingerprint density at radius 2 is 1.70 bits per heavy atom. The van der Waals surface area contributed by atoms with Gasteiger partial charge in [0.25, 0.3) is 5.91 Å². The van der Waals surface area contributed by atoms with Gasteiger partial charge in [-0.1, -0.05) is 12.1 Å². The Labute approximate surface area is 131 Å². The molecule has 1 N–H and O–H groups in total. The average molecular weight is 312 g/mol. The zero-order valence-electron chi connectivity index (χ0n) is 12.1. The second-order valence-electron chi connectivity index (χ2n) is 5.14. The van der Waals surface area contributed by atoms with Crippen LogP contribution in [0.5, 0.6) is 0 Å². The van der Waals surface area contributed by atoms with E-state index in [-0.39, 0.29) is 30.2 Å². The molecule has 5 nitrogen and oxygen atoms in total. The van der Waals surface area contributed by atoms with E-state index >= 15 is 0 Å². The third-order valence-electron chi connectivity index (χ3n) is 3.50. The van der Waals surface area contributed by atoms with Gasteiger partial charge < -0.3 is 5.32 Å². The van der Waals surface area contributed by atoms with Crippen LogP contribution < -0.4 is 10.2 Å². The molecule has 1 heterocycles. The lowest BCUT2D eigenvalue weighted by Gasteiger charge is -2.14. The molecule has 1 aliphatic rings. The average Bonchev–Trinajstić information content (AvgIpc) is 2.86. The molecule has 1 saturated heterocycles. The van der Waals surface area contributed by atoms with Crippen molar-refractivity contribution in [1.82, 2.24) is 0 Å². The Hall–Kier alpha value is -3.02. The van der Waals surface area contributed by atoms with Crippen molar-refractivity contribution in [2.24, 2.45) is 0 Å². The maximum atomic E-state index is 13.1. The summed E-state index contributed by atoms with van der Waals surface area (Å²) >= 11 is 0. The first-order chi connectivity index (χ1) is 11.0. The molecule has 0 unspecified atom stereocenters. The van der Waals surface area contributed by atoms with Crippen LogP contribution in [0.4, 0.5) is 15.8 Å². The molecule has 2 aromatic rings. The van der Waals surface area contributed by atoms with Gasteiger partial charge in [0, 0.05) is 24.1 Å². The molecule has 0 radical (unpaired) electrons. The standard InChI is InChI=1S/C17H13FN2O3/c18-12-4-2-5-13(10-12)19-17(23)11-3-1-6-14(9-11)20-15(21)7-8-16(20)22/h1-6,9-10H,7-8H2,(H,19,23). The summed E-state index contributed by atoms with van der Waals surface area (Å²) in [5.41, 5.74) is 0.970. The number of halogens is 1. The molecule has 0 aromatic heterocycles. The monoisotopic (exact) mass is 312 g/mol. The van der Waals surface area contributed by atoms with Crippen LogP contribution in [-0.4, -0.2) is 17.7 Å². The number of imide groups is 1. The summed E-state index contributed by atoms with van der Waals surface area (Å²) in [4.78, 5) is 36.8. The lowest BCUT2D eigenvalue weighted by atomic mass is 10.1.